The third-order valence-corrected chi connectivity index (χ3v) is 4.52. The lowest BCUT2D eigenvalue weighted by Gasteiger charge is -2.19. The first-order valence-corrected chi connectivity index (χ1v) is 8.43. The van der Waals surface area contributed by atoms with E-state index in [9.17, 15) is 9.59 Å². The summed E-state index contributed by atoms with van der Waals surface area (Å²) < 4.78 is 0. The van der Waals surface area contributed by atoms with Crippen LogP contribution < -0.4 is 10.9 Å². The molecule has 0 bridgehead atoms. The van der Waals surface area contributed by atoms with Crippen molar-refractivity contribution in [3.8, 4) is 0 Å². The monoisotopic (exact) mass is 325 g/mol. The lowest BCUT2D eigenvalue weighted by atomic mass is 10.0. The molecule has 0 radical (unpaired) electrons. The number of H-pyrrole nitrogens is 1. The number of nitrogens with one attached hydrogen (secondary N) is 2. The highest BCUT2D eigenvalue weighted by atomic mass is 16.2. The highest BCUT2D eigenvalue weighted by Gasteiger charge is 2.35. The van der Waals surface area contributed by atoms with Crippen molar-refractivity contribution in [1.82, 2.24) is 15.3 Å². The van der Waals surface area contributed by atoms with Crippen molar-refractivity contribution in [1.29, 1.82) is 0 Å². The van der Waals surface area contributed by atoms with Crippen molar-refractivity contribution in [3.63, 3.8) is 0 Å². The van der Waals surface area contributed by atoms with E-state index in [1.54, 1.807) is 18.3 Å². The number of hydrogen-bond acceptors (Lipinski definition) is 3. The Kier molecular flexibility index (Phi) is 4.51. The summed E-state index contributed by atoms with van der Waals surface area (Å²) in [5, 5.41) is 3.02. The van der Waals surface area contributed by atoms with Gasteiger partial charge < -0.3 is 10.3 Å². The van der Waals surface area contributed by atoms with E-state index in [4.69, 9.17) is 0 Å². The number of aromatic nitrogens is 2. The van der Waals surface area contributed by atoms with Crippen LogP contribution in [0.4, 0.5) is 0 Å². The molecule has 3 rings (SSSR count). The summed E-state index contributed by atoms with van der Waals surface area (Å²) in [6.07, 6.45) is 3.89. The number of carbonyl (C=O) groups excluding carboxylic acids is 1. The van der Waals surface area contributed by atoms with Gasteiger partial charge in [-0.3, -0.25) is 14.6 Å². The van der Waals surface area contributed by atoms with Crippen LogP contribution in [0.25, 0.3) is 0 Å². The van der Waals surface area contributed by atoms with Gasteiger partial charge in [0.1, 0.15) is 5.56 Å². The zero-order valence-electron chi connectivity index (χ0n) is 14.3. The second kappa shape index (κ2) is 6.59. The average molecular weight is 325 g/mol. The normalized spacial score (nSPS) is 15.3. The molecule has 1 atom stereocenters. The zero-order valence-corrected chi connectivity index (χ0v) is 14.3. The molecular weight excluding hydrogens is 302 g/mol. The number of aryl methyl sites for hydroxylation is 1. The SMILES string of the molecule is Cc1cccnc1C(NC(=O)c1ccc(C(C)C)[nH]c1=O)C1CC1. The van der Waals surface area contributed by atoms with E-state index in [2.05, 4.69) is 15.3 Å². The van der Waals surface area contributed by atoms with E-state index in [0.717, 1.165) is 29.8 Å². The van der Waals surface area contributed by atoms with Crippen LogP contribution in [0, 0.1) is 12.8 Å². The summed E-state index contributed by atoms with van der Waals surface area (Å²) in [7, 11) is 0. The maximum Gasteiger partial charge on any atom is 0.261 e. The number of carbonyl (C=O) groups is 1. The molecule has 0 aliphatic heterocycles. The topological polar surface area (TPSA) is 74.8 Å². The number of rotatable bonds is 5. The molecule has 1 unspecified atom stereocenters. The molecule has 1 saturated carbocycles. The molecule has 0 spiro atoms. The molecular formula is C19H23N3O2. The van der Waals surface area contributed by atoms with Crippen molar-refractivity contribution in [2.75, 3.05) is 0 Å². The van der Waals surface area contributed by atoms with Gasteiger partial charge in [0.05, 0.1) is 11.7 Å². The Balaban J connectivity index is 1.85. The molecule has 1 fully saturated rings. The van der Waals surface area contributed by atoms with Gasteiger partial charge in [0.2, 0.25) is 0 Å². The van der Waals surface area contributed by atoms with Gasteiger partial charge in [-0.15, -0.1) is 0 Å². The first-order chi connectivity index (χ1) is 11.5. The van der Waals surface area contributed by atoms with Gasteiger partial charge >= 0.3 is 0 Å². The Morgan fingerprint density at radius 3 is 2.62 bits per heavy atom. The molecule has 1 amide bonds. The van der Waals surface area contributed by atoms with Gasteiger partial charge in [0.15, 0.2) is 0 Å². The standard InChI is InChI=1S/C19H23N3O2/c1-11(2)15-9-8-14(18(23)21-15)19(24)22-17(13-6-7-13)16-12(3)5-4-10-20-16/h4-5,8-11,13,17H,6-7H2,1-3H3,(H,21,23)(H,22,24). The summed E-state index contributed by atoms with van der Waals surface area (Å²) in [4.78, 5) is 32.1. The Morgan fingerprint density at radius 1 is 1.29 bits per heavy atom. The minimum absolute atomic E-state index is 0.136. The molecule has 2 N–H and O–H groups in total. The summed E-state index contributed by atoms with van der Waals surface area (Å²) in [6, 6.07) is 7.16. The molecule has 0 aromatic carbocycles. The Morgan fingerprint density at radius 2 is 2.04 bits per heavy atom. The van der Waals surface area contributed by atoms with Gasteiger partial charge in [-0.1, -0.05) is 19.9 Å². The van der Waals surface area contributed by atoms with Gasteiger partial charge in [-0.25, -0.2) is 0 Å². The Labute approximate surface area is 141 Å². The van der Waals surface area contributed by atoms with Crippen LogP contribution in [-0.2, 0) is 0 Å². The van der Waals surface area contributed by atoms with Crippen LogP contribution in [-0.4, -0.2) is 15.9 Å². The highest BCUT2D eigenvalue weighted by Crippen LogP contribution is 2.41. The molecule has 126 valence electrons. The maximum atomic E-state index is 12.6. The lowest BCUT2D eigenvalue weighted by molar-refractivity contribution is 0.0929. The van der Waals surface area contributed by atoms with Crippen LogP contribution in [0.1, 0.15) is 66.0 Å². The van der Waals surface area contributed by atoms with Gasteiger partial charge in [-0.2, -0.15) is 0 Å². The van der Waals surface area contributed by atoms with Crippen molar-refractivity contribution in [2.24, 2.45) is 5.92 Å². The highest BCUT2D eigenvalue weighted by molar-refractivity contribution is 5.94. The van der Waals surface area contributed by atoms with Gasteiger partial charge in [0.25, 0.3) is 11.5 Å². The summed E-state index contributed by atoms with van der Waals surface area (Å²) in [6.45, 7) is 5.99. The quantitative estimate of drug-likeness (QED) is 0.887. The summed E-state index contributed by atoms with van der Waals surface area (Å²) >= 11 is 0. The molecule has 5 heteroatoms. The minimum atomic E-state index is -0.342. The Bertz CT molecular complexity index is 806. The second-order valence-corrected chi connectivity index (χ2v) is 6.81. The van der Waals surface area contributed by atoms with Crippen molar-refractivity contribution in [2.45, 2.75) is 45.6 Å². The molecule has 5 nitrogen and oxygen atoms in total. The van der Waals surface area contributed by atoms with Crippen LogP contribution in [0.3, 0.4) is 0 Å². The van der Waals surface area contributed by atoms with Crippen molar-refractivity contribution < 1.29 is 4.79 Å². The molecule has 24 heavy (non-hydrogen) atoms. The van der Waals surface area contributed by atoms with E-state index in [1.165, 1.54) is 0 Å². The largest absolute Gasteiger partial charge is 0.343 e. The van der Waals surface area contributed by atoms with E-state index in [0.29, 0.717) is 5.92 Å². The fourth-order valence-corrected chi connectivity index (χ4v) is 2.89. The van der Waals surface area contributed by atoms with Gasteiger partial charge in [0, 0.05) is 11.9 Å². The molecule has 0 saturated heterocycles. The summed E-state index contributed by atoms with van der Waals surface area (Å²) in [5.74, 6) is 0.273. The van der Waals surface area contributed by atoms with Crippen LogP contribution >= 0.6 is 0 Å². The number of pyridine rings is 2. The van der Waals surface area contributed by atoms with Crippen molar-refractivity contribution >= 4 is 5.91 Å². The predicted octanol–water partition coefficient (Wildman–Crippen LogP) is 3.08. The number of amides is 1. The predicted molar refractivity (Wildman–Crippen MR) is 93.1 cm³/mol. The first kappa shape index (κ1) is 16.4. The summed E-state index contributed by atoms with van der Waals surface area (Å²) in [5.41, 5.74) is 2.59. The minimum Gasteiger partial charge on any atom is -0.343 e. The van der Waals surface area contributed by atoms with E-state index in [1.807, 2.05) is 32.9 Å². The maximum absolute atomic E-state index is 12.6. The third kappa shape index (κ3) is 3.40. The van der Waals surface area contributed by atoms with E-state index >= 15 is 0 Å². The molecule has 1 aliphatic rings. The first-order valence-electron chi connectivity index (χ1n) is 8.43. The number of nitrogens with zero attached hydrogens (tertiary/aromatic N) is 1. The lowest BCUT2D eigenvalue weighted by Crippen LogP contribution is -2.34. The average Bonchev–Trinajstić information content (AvgIpc) is 3.37. The van der Waals surface area contributed by atoms with E-state index in [-0.39, 0.29) is 29.0 Å². The van der Waals surface area contributed by atoms with Crippen LogP contribution in [0.15, 0.2) is 35.3 Å². The van der Waals surface area contributed by atoms with Gasteiger partial charge in [-0.05, 0) is 55.4 Å². The van der Waals surface area contributed by atoms with Crippen molar-refractivity contribution in [3.05, 3.63) is 63.3 Å². The number of hydrogen-bond donors (Lipinski definition) is 2. The number of aromatic amines is 1. The molecule has 2 heterocycles. The Hall–Kier alpha value is -2.43. The second-order valence-electron chi connectivity index (χ2n) is 6.81. The molecule has 2 aromatic rings. The van der Waals surface area contributed by atoms with E-state index < -0.39 is 0 Å². The zero-order chi connectivity index (χ0) is 17.3. The van der Waals surface area contributed by atoms with Crippen LogP contribution in [0.5, 0.6) is 0 Å². The third-order valence-electron chi connectivity index (χ3n) is 4.52. The smallest absolute Gasteiger partial charge is 0.261 e. The molecule has 1 aliphatic carbocycles. The van der Waals surface area contributed by atoms with Crippen LogP contribution in [0.2, 0.25) is 0 Å². The fraction of sp³-hybridized carbons (Fsp3) is 0.421. The fourth-order valence-electron chi connectivity index (χ4n) is 2.89. The molecule has 2 aromatic heterocycles.